The first-order chi connectivity index (χ1) is 7.13. The van der Waals surface area contributed by atoms with Gasteiger partial charge in [0.05, 0.1) is 5.69 Å². The van der Waals surface area contributed by atoms with Gasteiger partial charge in [-0.15, -0.1) is 0 Å². The number of pyridine rings is 1. The van der Waals surface area contributed by atoms with Crippen molar-refractivity contribution in [2.45, 2.75) is 26.7 Å². The molecule has 3 nitrogen and oxygen atoms in total. The van der Waals surface area contributed by atoms with E-state index in [2.05, 4.69) is 24.9 Å². The third-order valence-corrected chi connectivity index (χ3v) is 2.46. The van der Waals surface area contributed by atoms with E-state index in [1.54, 1.807) is 0 Å². The molecule has 2 rings (SSSR count). The van der Waals surface area contributed by atoms with Crippen molar-refractivity contribution in [2.75, 3.05) is 0 Å². The topological polar surface area (TPSA) is 41.1 Å². The highest BCUT2D eigenvalue weighted by Gasteiger charge is 2.14. The maximum atomic E-state index is 9.11. The molecule has 0 bridgehead atoms. The van der Waals surface area contributed by atoms with E-state index in [-0.39, 0.29) is 5.92 Å². The largest absolute Gasteiger partial charge is 0.291 e. The third-order valence-electron chi connectivity index (χ3n) is 2.46. The molecular weight excluding hydrogens is 186 g/mol. The van der Waals surface area contributed by atoms with E-state index in [0.717, 1.165) is 16.9 Å². The van der Waals surface area contributed by atoms with Crippen LogP contribution >= 0.6 is 0 Å². The lowest BCUT2D eigenvalue weighted by Crippen LogP contribution is -1.93. The van der Waals surface area contributed by atoms with Crippen LogP contribution in [0.4, 0.5) is 0 Å². The Morgan fingerprint density at radius 2 is 2.20 bits per heavy atom. The van der Waals surface area contributed by atoms with Crippen molar-refractivity contribution < 1.29 is 0 Å². The minimum Gasteiger partial charge on any atom is -0.291 e. The number of nitrogens with zero attached hydrogens (tertiary/aromatic N) is 3. The van der Waals surface area contributed by atoms with E-state index in [4.69, 9.17) is 5.26 Å². The predicted molar refractivity (Wildman–Crippen MR) is 58.7 cm³/mol. The van der Waals surface area contributed by atoms with Crippen LogP contribution in [-0.2, 0) is 0 Å². The van der Waals surface area contributed by atoms with E-state index < -0.39 is 0 Å². The first kappa shape index (κ1) is 9.72. The van der Waals surface area contributed by atoms with Crippen LogP contribution in [0.1, 0.15) is 36.7 Å². The quantitative estimate of drug-likeness (QED) is 0.708. The van der Waals surface area contributed by atoms with Gasteiger partial charge in [-0.2, -0.15) is 5.26 Å². The van der Waals surface area contributed by atoms with Crippen molar-refractivity contribution >= 4 is 5.65 Å². The first-order valence-corrected chi connectivity index (χ1v) is 5.02. The molecule has 15 heavy (non-hydrogen) atoms. The third kappa shape index (κ3) is 1.48. The minimum absolute atomic E-state index is 0.278. The Morgan fingerprint density at radius 1 is 1.47 bits per heavy atom. The summed E-state index contributed by atoms with van der Waals surface area (Å²) in [5.41, 5.74) is 3.55. The van der Waals surface area contributed by atoms with Crippen LogP contribution in [0.5, 0.6) is 0 Å². The summed E-state index contributed by atoms with van der Waals surface area (Å²) in [6, 6.07) is 6.20. The smallest absolute Gasteiger partial charge is 0.148 e. The van der Waals surface area contributed by atoms with E-state index in [0.29, 0.717) is 5.69 Å². The molecule has 0 atom stereocenters. The molecule has 76 valence electrons. The molecular formula is C12H13N3. The van der Waals surface area contributed by atoms with Gasteiger partial charge < -0.3 is 0 Å². The molecule has 0 saturated heterocycles. The molecule has 0 fully saturated rings. The fraction of sp³-hybridized carbons (Fsp3) is 0.333. The summed E-state index contributed by atoms with van der Waals surface area (Å²) < 4.78 is 1.85. The summed E-state index contributed by atoms with van der Waals surface area (Å²) in [7, 11) is 0. The van der Waals surface area contributed by atoms with Gasteiger partial charge in [0.25, 0.3) is 0 Å². The second kappa shape index (κ2) is 3.39. The van der Waals surface area contributed by atoms with Crippen molar-refractivity contribution in [3.8, 4) is 6.07 Å². The number of imidazole rings is 1. The Labute approximate surface area is 89.0 Å². The standard InChI is InChI=1S/C12H13N3/c1-8(2)12-10(7-13)15-5-4-9(3)6-11(15)14-12/h4-6,8H,1-3H3. The van der Waals surface area contributed by atoms with Gasteiger partial charge in [-0.3, -0.25) is 4.40 Å². The molecule has 0 aliphatic rings. The Kier molecular flexibility index (Phi) is 2.20. The second-order valence-corrected chi connectivity index (χ2v) is 4.04. The number of hydrogen-bond acceptors (Lipinski definition) is 2. The zero-order chi connectivity index (χ0) is 11.0. The van der Waals surface area contributed by atoms with Crippen LogP contribution in [0.15, 0.2) is 18.3 Å². The molecule has 0 amide bonds. The lowest BCUT2D eigenvalue weighted by Gasteiger charge is -1.99. The first-order valence-electron chi connectivity index (χ1n) is 5.02. The highest BCUT2D eigenvalue weighted by molar-refractivity contribution is 5.49. The van der Waals surface area contributed by atoms with Crippen molar-refractivity contribution in [1.82, 2.24) is 9.38 Å². The number of nitriles is 1. The maximum Gasteiger partial charge on any atom is 0.148 e. The van der Waals surface area contributed by atoms with Gasteiger partial charge in [0.1, 0.15) is 17.4 Å². The van der Waals surface area contributed by atoms with Gasteiger partial charge in [-0.25, -0.2) is 4.98 Å². The fourth-order valence-electron chi connectivity index (χ4n) is 1.68. The Bertz CT molecular complexity index is 544. The lowest BCUT2D eigenvalue weighted by molar-refractivity contribution is 0.829. The number of rotatable bonds is 1. The van der Waals surface area contributed by atoms with E-state index in [9.17, 15) is 0 Å². The molecule has 0 N–H and O–H groups in total. The normalized spacial score (nSPS) is 10.9. The van der Waals surface area contributed by atoms with Gasteiger partial charge in [0.15, 0.2) is 0 Å². The summed E-state index contributed by atoms with van der Waals surface area (Å²) >= 11 is 0. The van der Waals surface area contributed by atoms with Crippen molar-refractivity contribution in [3.63, 3.8) is 0 Å². The summed E-state index contributed by atoms with van der Waals surface area (Å²) in [6.45, 7) is 6.13. The molecule has 0 spiro atoms. The van der Waals surface area contributed by atoms with E-state index in [1.165, 1.54) is 0 Å². The molecule has 0 aromatic carbocycles. The zero-order valence-corrected chi connectivity index (χ0v) is 9.15. The van der Waals surface area contributed by atoms with Gasteiger partial charge in [0.2, 0.25) is 0 Å². The average Bonchev–Trinajstić information content (AvgIpc) is 2.55. The summed E-state index contributed by atoms with van der Waals surface area (Å²) in [6.07, 6.45) is 1.90. The summed E-state index contributed by atoms with van der Waals surface area (Å²) in [5.74, 6) is 0.278. The molecule has 0 aliphatic heterocycles. The zero-order valence-electron chi connectivity index (χ0n) is 9.15. The number of aryl methyl sites for hydroxylation is 1. The summed E-state index contributed by atoms with van der Waals surface area (Å²) in [5, 5.41) is 9.11. The number of fused-ring (bicyclic) bond motifs is 1. The van der Waals surface area contributed by atoms with Crippen LogP contribution in [0.2, 0.25) is 0 Å². The van der Waals surface area contributed by atoms with Gasteiger partial charge in [-0.05, 0) is 30.5 Å². The Balaban J connectivity index is 2.80. The van der Waals surface area contributed by atoms with Crippen molar-refractivity contribution in [3.05, 3.63) is 35.3 Å². The van der Waals surface area contributed by atoms with Gasteiger partial charge in [0, 0.05) is 6.20 Å². The van der Waals surface area contributed by atoms with Crippen LogP contribution in [-0.4, -0.2) is 9.38 Å². The summed E-state index contributed by atoms with van der Waals surface area (Å²) in [4.78, 5) is 4.48. The van der Waals surface area contributed by atoms with E-state index >= 15 is 0 Å². The highest BCUT2D eigenvalue weighted by atomic mass is 15.0. The number of aromatic nitrogens is 2. The average molecular weight is 199 g/mol. The van der Waals surface area contributed by atoms with Crippen molar-refractivity contribution in [2.24, 2.45) is 0 Å². The molecule has 0 unspecified atom stereocenters. The minimum atomic E-state index is 0.278. The Hall–Kier alpha value is -1.82. The van der Waals surface area contributed by atoms with E-state index in [1.807, 2.05) is 29.7 Å². The molecule has 2 heterocycles. The fourth-order valence-corrected chi connectivity index (χ4v) is 1.68. The lowest BCUT2D eigenvalue weighted by atomic mass is 10.1. The van der Waals surface area contributed by atoms with Gasteiger partial charge >= 0.3 is 0 Å². The number of hydrogen-bond donors (Lipinski definition) is 0. The molecule has 3 heteroatoms. The molecule has 0 saturated carbocycles. The Morgan fingerprint density at radius 3 is 2.80 bits per heavy atom. The van der Waals surface area contributed by atoms with Gasteiger partial charge in [-0.1, -0.05) is 13.8 Å². The van der Waals surface area contributed by atoms with Crippen molar-refractivity contribution in [1.29, 1.82) is 5.26 Å². The SMILES string of the molecule is Cc1ccn2c(C#N)c(C(C)C)nc2c1. The molecule has 2 aromatic heterocycles. The molecule has 2 aromatic rings. The van der Waals surface area contributed by atoms with Crippen LogP contribution in [0.3, 0.4) is 0 Å². The van der Waals surface area contributed by atoms with Crippen LogP contribution < -0.4 is 0 Å². The molecule has 0 aliphatic carbocycles. The highest BCUT2D eigenvalue weighted by Crippen LogP contribution is 2.20. The monoisotopic (exact) mass is 199 g/mol. The van der Waals surface area contributed by atoms with Crippen LogP contribution in [0.25, 0.3) is 5.65 Å². The van der Waals surface area contributed by atoms with Crippen LogP contribution in [0, 0.1) is 18.3 Å². The predicted octanol–water partition coefficient (Wildman–Crippen LogP) is 2.64. The second-order valence-electron chi connectivity index (χ2n) is 4.04. The molecule has 0 radical (unpaired) electrons. The maximum absolute atomic E-state index is 9.11.